The molecule has 0 aliphatic carbocycles. The van der Waals surface area contributed by atoms with Crippen molar-refractivity contribution in [1.29, 1.82) is 0 Å². The number of morpholine rings is 1. The lowest BCUT2D eigenvalue weighted by molar-refractivity contribution is 0.0196. The van der Waals surface area contributed by atoms with E-state index in [2.05, 4.69) is 4.90 Å². The maximum atomic E-state index is 5.69. The molecule has 1 atom stereocenters. The van der Waals surface area contributed by atoms with Gasteiger partial charge in [0.2, 0.25) is 0 Å². The van der Waals surface area contributed by atoms with E-state index in [1.165, 1.54) is 0 Å². The van der Waals surface area contributed by atoms with Crippen LogP contribution in [0.3, 0.4) is 0 Å². The van der Waals surface area contributed by atoms with Crippen molar-refractivity contribution in [1.82, 2.24) is 4.90 Å². The zero-order valence-corrected chi connectivity index (χ0v) is 6.12. The van der Waals surface area contributed by atoms with Gasteiger partial charge in [-0.15, -0.1) is 0 Å². The zero-order chi connectivity index (χ0) is 7.40. The Morgan fingerprint density at radius 1 is 1.40 bits per heavy atom. The molecular formula is C6H15N3O. The molecule has 1 unspecified atom stereocenters. The second kappa shape index (κ2) is 3.88. The van der Waals surface area contributed by atoms with E-state index in [1.807, 2.05) is 0 Å². The number of rotatable bonds is 2. The molecule has 0 spiro atoms. The van der Waals surface area contributed by atoms with Gasteiger partial charge in [0.25, 0.3) is 0 Å². The van der Waals surface area contributed by atoms with Crippen LogP contribution in [0.5, 0.6) is 0 Å². The SMILES string of the molecule is NCC(N)N1CCOCC1. The molecule has 0 aromatic carbocycles. The van der Waals surface area contributed by atoms with Crippen LogP contribution in [-0.2, 0) is 4.74 Å². The lowest BCUT2D eigenvalue weighted by Crippen LogP contribution is -2.51. The van der Waals surface area contributed by atoms with Crippen LogP contribution in [0.25, 0.3) is 0 Å². The number of hydrogen-bond donors (Lipinski definition) is 2. The van der Waals surface area contributed by atoms with Crippen molar-refractivity contribution in [3.05, 3.63) is 0 Å². The summed E-state index contributed by atoms with van der Waals surface area (Å²) in [5.41, 5.74) is 11.1. The predicted molar refractivity (Wildman–Crippen MR) is 39.4 cm³/mol. The molecule has 1 aliphatic heterocycles. The first-order chi connectivity index (χ1) is 4.84. The smallest absolute Gasteiger partial charge is 0.0699 e. The quantitative estimate of drug-likeness (QED) is 0.499. The van der Waals surface area contributed by atoms with Gasteiger partial charge in [0, 0.05) is 19.6 Å². The van der Waals surface area contributed by atoms with Gasteiger partial charge in [-0.25, -0.2) is 0 Å². The van der Waals surface area contributed by atoms with Gasteiger partial charge >= 0.3 is 0 Å². The van der Waals surface area contributed by atoms with Crippen LogP contribution in [-0.4, -0.2) is 43.9 Å². The van der Waals surface area contributed by atoms with E-state index in [1.54, 1.807) is 0 Å². The molecule has 0 aromatic rings. The monoisotopic (exact) mass is 145 g/mol. The Morgan fingerprint density at radius 3 is 2.50 bits per heavy atom. The molecule has 4 nitrogen and oxygen atoms in total. The van der Waals surface area contributed by atoms with E-state index in [0.29, 0.717) is 6.54 Å². The highest BCUT2D eigenvalue weighted by molar-refractivity contribution is 4.68. The molecule has 1 saturated heterocycles. The molecular weight excluding hydrogens is 130 g/mol. The van der Waals surface area contributed by atoms with Gasteiger partial charge in [0.1, 0.15) is 0 Å². The predicted octanol–water partition coefficient (Wildman–Crippen LogP) is -1.44. The number of hydrogen-bond acceptors (Lipinski definition) is 4. The Labute approximate surface area is 61.1 Å². The minimum Gasteiger partial charge on any atom is -0.379 e. The second-order valence-electron chi connectivity index (χ2n) is 2.45. The third-order valence-electron chi connectivity index (χ3n) is 1.76. The van der Waals surface area contributed by atoms with Crippen LogP contribution in [0.4, 0.5) is 0 Å². The van der Waals surface area contributed by atoms with Gasteiger partial charge in [-0.3, -0.25) is 4.90 Å². The lowest BCUT2D eigenvalue weighted by atomic mass is 10.3. The highest BCUT2D eigenvalue weighted by atomic mass is 16.5. The average Bonchev–Trinajstić information content (AvgIpc) is 2.05. The zero-order valence-electron chi connectivity index (χ0n) is 6.12. The summed E-state index contributed by atoms with van der Waals surface area (Å²) in [4.78, 5) is 2.14. The van der Waals surface area contributed by atoms with Crippen molar-refractivity contribution in [3.8, 4) is 0 Å². The van der Waals surface area contributed by atoms with Gasteiger partial charge < -0.3 is 16.2 Å². The van der Waals surface area contributed by atoms with Gasteiger partial charge in [0.05, 0.1) is 19.4 Å². The van der Waals surface area contributed by atoms with E-state index in [0.717, 1.165) is 26.3 Å². The van der Waals surface area contributed by atoms with Crippen LogP contribution in [0.15, 0.2) is 0 Å². The molecule has 1 rings (SSSR count). The molecule has 0 radical (unpaired) electrons. The van der Waals surface area contributed by atoms with Gasteiger partial charge in [0.15, 0.2) is 0 Å². The van der Waals surface area contributed by atoms with E-state index in [9.17, 15) is 0 Å². The summed E-state index contributed by atoms with van der Waals surface area (Å²) in [5.74, 6) is 0. The largest absolute Gasteiger partial charge is 0.379 e. The molecule has 0 aromatic heterocycles. The Kier molecular flexibility index (Phi) is 3.08. The number of nitrogens with two attached hydrogens (primary N) is 2. The summed E-state index contributed by atoms with van der Waals surface area (Å²) in [6, 6.07) is 0. The van der Waals surface area contributed by atoms with Crippen LogP contribution < -0.4 is 11.5 Å². The normalized spacial score (nSPS) is 24.6. The summed E-state index contributed by atoms with van der Waals surface area (Å²) < 4.78 is 5.16. The maximum Gasteiger partial charge on any atom is 0.0699 e. The molecule has 4 N–H and O–H groups in total. The number of ether oxygens (including phenoxy) is 1. The molecule has 1 fully saturated rings. The first-order valence-corrected chi connectivity index (χ1v) is 3.62. The average molecular weight is 145 g/mol. The maximum absolute atomic E-state index is 5.69. The summed E-state index contributed by atoms with van der Waals surface area (Å²) in [6.07, 6.45) is 0.0175. The fraction of sp³-hybridized carbons (Fsp3) is 1.00. The van der Waals surface area contributed by atoms with Crippen molar-refractivity contribution in [2.45, 2.75) is 6.17 Å². The summed E-state index contributed by atoms with van der Waals surface area (Å²) in [7, 11) is 0. The third kappa shape index (κ3) is 1.91. The molecule has 1 heterocycles. The number of nitrogens with zero attached hydrogens (tertiary/aromatic N) is 1. The van der Waals surface area contributed by atoms with Crippen molar-refractivity contribution in [2.75, 3.05) is 32.8 Å². The Balaban J connectivity index is 2.24. The van der Waals surface area contributed by atoms with Crippen LogP contribution in [0.2, 0.25) is 0 Å². The van der Waals surface area contributed by atoms with E-state index in [4.69, 9.17) is 16.2 Å². The summed E-state index contributed by atoms with van der Waals surface area (Å²) in [5, 5.41) is 0. The highest BCUT2D eigenvalue weighted by Crippen LogP contribution is 1.97. The second-order valence-corrected chi connectivity index (χ2v) is 2.45. The van der Waals surface area contributed by atoms with Crippen LogP contribution in [0, 0.1) is 0 Å². The molecule has 10 heavy (non-hydrogen) atoms. The molecule has 1 aliphatic rings. The van der Waals surface area contributed by atoms with Crippen molar-refractivity contribution >= 4 is 0 Å². The third-order valence-corrected chi connectivity index (χ3v) is 1.76. The van der Waals surface area contributed by atoms with E-state index in [-0.39, 0.29) is 6.17 Å². The molecule has 60 valence electrons. The lowest BCUT2D eigenvalue weighted by Gasteiger charge is -2.30. The van der Waals surface area contributed by atoms with Gasteiger partial charge in [-0.05, 0) is 0 Å². The Bertz CT molecular complexity index is 93.0. The van der Waals surface area contributed by atoms with Crippen molar-refractivity contribution < 1.29 is 4.74 Å². The van der Waals surface area contributed by atoms with Crippen LogP contribution in [0.1, 0.15) is 0 Å². The minimum atomic E-state index is 0.0175. The first kappa shape index (κ1) is 7.94. The first-order valence-electron chi connectivity index (χ1n) is 3.62. The Hall–Kier alpha value is -0.160. The summed E-state index contributed by atoms with van der Waals surface area (Å²) >= 11 is 0. The van der Waals surface area contributed by atoms with E-state index < -0.39 is 0 Å². The molecule has 0 saturated carbocycles. The van der Waals surface area contributed by atoms with E-state index >= 15 is 0 Å². The molecule has 4 heteroatoms. The summed E-state index contributed by atoms with van der Waals surface area (Å²) in [6.45, 7) is 3.93. The highest BCUT2D eigenvalue weighted by Gasteiger charge is 2.14. The fourth-order valence-corrected chi connectivity index (χ4v) is 1.06. The standard InChI is InChI=1S/C6H15N3O/c7-5-6(8)9-1-3-10-4-2-9/h6H,1-5,7-8H2. The topological polar surface area (TPSA) is 64.5 Å². The van der Waals surface area contributed by atoms with Crippen molar-refractivity contribution in [3.63, 3.8) is 0 Å². The fourth-order valence-electron chi connectivity index (χ4n) is 1.06. The van der Waals surface area contributed by atoms with Crippen molar-refractivity contribution in [2.24, 2.45) is 11.5 Å². The molecule has 0 bridgehead atoms. The van der Waals surface area contributed by atoms with Gasteiger partial charge in [-0.2, -0.15) is 0 Å². The minimum absolute atomic E-state index is 0.0175. The molecule has 0 amide bonds. The Morgan fingerprint density at radius 2 is 2.00 bits per heavy atom. The van der Waals surface area contributed by atoms with Gasteiger partial charge in [-0.1, -0.05) is 0 Å². The van der Waals surface area contributed by atoms with Crippen LogP contribution >= 0.6 is 0 Å².